The van der Waals surface area contributed by atoms with Crippen LogP contribution >= 0.6 is 15.9 Å². The Balaban J connectivity index is 2.34. The lowest BCUT2D eigenvalue weighted by atomic mass is 10.0. The number of aliphatic hydroxyl groups excluding tert-OH is 1. The maximum atomic E-state index is 11.9. The molecule has 1 aromatic rings. The first-order chi connectivity index (χ1) is 10.1. The second-order valence-corrected chi connectivity index (χ2v) is 5.70. The highest BCUT2D eigenvalue weighted by Crippen LogP contribution is 2.11. The summed E-state index contributed by atoms with van der Waals surface area (Å²) in [7, 11) is 0. The van der Waals surface area contributed by atoms with Crippen LogP contribution in [-0.2, 0) is 4.79 Å². The van der Waals surface area contributed by atoms with E-state index in [0.29, 0.717) is 18.5 Å². The standard InChI is InChI=1S/C15H21BrN2O3/c1-2-11(6-7-19)9-17-14(20)10-18-15(21)12-4-3-5-13(16)8-12/h3-5,8,11,19H,2,6-7,9-10H2,1H3,(H,17,20)(H,18,21). The molecule has 1 unspecified atom stereocenters. The van der Waals surface area contributed by atoms with Gasteiger partial charge in [0.1, 0.15) is 0 Å². The average molecular weight is 357 g/mol. The van der Waals surface area contributed by atoms with Gasteiger partial charge in [0.05, 0.1) is 6.54 Å². The number of hydrogen-bond acceptors (Lipinski definition) is 3. The summed E-state index contributed by atoms with van der Waals surface area (Å²) in [5, 5.41) is 14.2. The Morgan fingerprint density at radius 3 is 2.71 bits per heavy atom. The Morgan fingerprint density at radius 2 is 2.10 bits per heavy atom. The molecule has 1 rings (SSSR count). The van der Waals surface area contributed by atoms with Gasteiger partial charge in [-0.15, -0.1) is 0 Å². The minimum absolute atomic E-state index is 0.0547. The Kier molecular flexibility index (Phi) is 8.00. The number of amides is 2. The van der Waals surface area contributed by atoms with Crippen LogP contribution in [0, 0.1) is 5.92 Å². The van der Waals surface area contributed by atoms with E-state index < -0.39 is 0 Å². The summed E-state index contributed by atoms with van der Waals surface area (Å²) in [6.45, 7) is 2.60. The molecule has 0 aromatic heterocycles. The van der Waals surface area contributed by atoms with Crippen LogP contribution in [0.5, 0.6) is 0 Å². The third-order valence-electron chi connectivity index (χ3n) is 3.20. The summed E-state index contributed by atoms with van der Waals surface area (Å²) in [5.41, 5.74) is 0.504. The molecule has 0 spiro atoms. The van der Waals surface area contributed by atoms with Gasteiger partial charge in [-0.05, 0) is 30.5 Å². The van der Waals surface area contributed by atoms with E-state index in [-0.39, 0.29) is 30.9 Å². The molecule has 6 heteroatoms. The summed E-state index contributed by atoms with van der Waals surface area (Å²) in [5.74, 6) is -0.247. The van der Waals surface area contributed by atoms with Gasteiger partial charge in [-0.2, -0.15) is 0 Å². The van der Waals surface area contributed by atoms with Crippen LogP contribution in [0.4, 0.5) is 0 Å². The molecule has 116 valence electrons. The summed E-state index contributed by atoms with van der Waals surface area (Å²) in [6.07, 6.45) is 1.56. The lowest BCUT2D eigenvalue weighted by Crippen LogP contribution is -2.39. The normalized spacial score (nSPS) is 11.8. The van der Waals surface area contributed by atoms with E-state index in [1.165, 1.54) is 0 Å². The molecule has 0 radical (unpaired) electrons. The zero-order valence-electron chi connectivity index (χ0n) is 12.1. The smallest absolute Gasteiger partial charge is 0.251 e. The predicted molar refractivity (Wildman–Crippen MR) is 85.0 cm³/mol. The quantitative estimate of drug-likeness (QED) is 0.663. The van der Waals surface area contributed by atoms with Gasteiger partial charge in [-0.1, -0.05) is 35.3 Å². The first-order valence-corrected chi connectivity index (χ1v) is 7.77. The zero-order chi connectivity index (χ0) is 15.7. The SMILES string of the molecule is CCC(CCO)CNC(=O)CNC(=O)c1cccc(Br)c1. The van der Waals surface area contributed by atoms with Gasteiger partial charge in [0.25, 0.3) is 5.91 Å². The van der Waals surface area contributed by atoms with Crippen LogP contribution in [0.2, 0.25) is 0 Å². The van der Waals surface area contributed by atoms with Crippen molar-refractivity contribution in [2.45, 2.75) is 19.8 Å². The molecule has 0 aliphatic rings. The summed E-state index contributed by atoms with van der Waals surface area (Å²) >= 11 is 3.29. The molecular formula is C15H21BrN2O3. The van der Waals surface area contributed by atoms with E-state index in [1.54, 1.807) is 18.2 Å². The van der Waals surface area contributed by atoms with E-state index in [4.69, 9.17) is 5.11 Å². The highest BCUT2D eigenvalue weighted by atomic mass is 79.9. The summed E-state index contributed by atoms with van der Waals surface area (Å²) in [4.78, 5) is 23.5. The van der Waals surface area contributed by atoms with Crippen molar-refractivity contribution < 1.29 is 14.7 Å². The van der Waals surface area contributed by atoms with Gasteiger partial charge in [0.2, 0.25) is 5.91 Å². The van der Waals surface area contributed by atoms with Crippen LogP contribution in [0.1, 0.15) is 30.1 Å². The van der Waals surface area contributed by atoms with E-state index in [2.05, 4.69) is 26.6 Å². The maximum absolute atomic E-state index is 11.9. The lowest BCUT2D eigenvalue weighted by molar-refractivity contribution is -0.120. The molecule has 21 heavy (non-hydrogen) atoms. The van der Waals surface area contributed by atoms with Crippen molar-refractivity contribution in [1.29, 1.82) is 0 Å². The Hall–Kier alpha value is -1.40. The van der Waals surface area contributed by atoms with Crippen molar-refractivity contribution in [1.82, 2.24) is 10.6 Å². The molecule has 0 heterocycles. The highest BCUT2D eigenvalue weighted by molar-refractivity contribution is 9.10. The van der Waals surface area contributed by atoms with E-state index in [9.17, 15) is 9.59 Å². The van der Waals surface area contributed by atoms with E-state index in [0.717, 1.165) is 10.9 Å². The first kappa shape index (κ1) is 17.7. The molecule has 0 aliphatic heterocycles. The number of carbonyl (C=O) groups excluding carboxylic acids is 2. The Labute approximate surface area is 133 Å². The van der Waals surface area contributed by atoms with E-state index >= 15 is 0 Å². The van der Waals surface area contributed by atoms with Crippen LogP contribution in [0.3, 0.4) is 0 Å². The number of aliphatic hydroxyl groups is 1. The highest BCUT2D eigenvalue weighted by Gasteiger charge is 2.10. The third-order valence-corrected chi connectivity index (χ3v) is 3.69. The fourth-order valence-corrected chi connectivity index (χ4v) is 2.25. The van der Waals surface area contributed by atoms with Crippen LogP contribution < -0.4 is 10.6 Å². The molecule has 0 fully saturated rings. The first-order valence-electron chi connectivity index (χ1n) is 6.98. The topological polar surface area (TPSA) is 78.4 Å². The Morgan fingerprint density at radius 1 is 1.33 bits per heavy atom. The van der Waals surface area contributed by atoms with Crippen LogP contribution in [-0.4, -0.2) is 36.6 Å². The summed E-state index contributed by atoms with van der Waals surface area (Å²) < 4.78 is 0.814. The molecule has 5 nitrogen and oxygen atoms in total. The minimum Gasteiger partial charge on any atom is -0.396 e. The second kappa shape index (κ2) is 9.52. The van der Waals surface area contributed by atoms with Gasteiger partial charge in [0, 0.05) is 23.2 Å². The van der Waals surface area contributed by atoms with Crippen LogP contribution in [0.15, 0.2) is 28.7 Å². The minimum atomic E-state index is -0.283. The monoisotopic (exact) mass is 356 g/mol. The third kappa shape index (κ3) is 6.73. The molecule has 2 amide bonds. The van der Waals surface area contributed by atoms with Crippen LogP contribution in [0.25, 0.3) is 0 Å². The van der Waals surface area contributed by atoms with E-state index in [1.807, 2.05) is 13.0 Å². The fourth-order valence-electron chi connectivity index (χ4n) is 1.85. The maximum Gasteiger partial charge on any atom is 0.251 e. The predicted octanol–water partition coefficient (Wildman–Crippen LogP) is 1.70. The fraction of sp³-hybridized carbons (Fsp3) is 0.467. The molecular weight excluding hydrogens is 336 g/mol. The molecule has 0 saturated heterocycles. The van der Waals surface area contributed by atoms with Crippen molar-refractivity contribution in [2.24, 2.45) is 5.92 Å². The van der Waals surface area contributed by atoms with Gasteiger partial charge in [-0.25, -0.2) is 0 Å². The number of benzene rings is 1. The number of rotatable bonds is 8. The zero-order valence-corrected chi connectivity index (χ0v) is 13.6. The van der Waals surface area contributed by atoms with Crippen molar-refractivity contribution in [2.75, 3.05) is 19.7 Å². The van der Waals surface area contributed by atoms with Crippen molar-refractivity contribution in [3.8, 4) is 0 Å². The Bertz CT molecular complexity index is 480. The molecule has 0 saturated carbocycles. The van der Waals surface area contributed by atoms with Gasteiger partial charge in [-0.3, -0.25) is 9.59 Å². The number of hydrogen-bond donors (Lipinski definition) is 3. The van der Waals surface area contributed by atoms with Gasteiger partial charge in [0.15, 0.2) is 0 Å². The molecule has 0 bridgehead atoms. The number of halogens is 1. The number of nitrogens with one attached hydrogen (secondary N) is 2. The van der Waals surface area contributed by atoms with Crippen molar-refractivity contribution >= 4 is 27.7 Å². The molecule has 3 N–H and O–H groups in total. The number of carbonyl (C=O) groups is 2. The van der Waals surface area contributed by atoms with Crippen molar-refractivity contribution in [3.63, 3.8) is 0 Å². The largest absolute Gasteiger partial charge is 0.396 e. The molecule has 1 atom stereocenters. The van der Waals surface area contributed by atoms with Crippen molar-refractivity contribution in [3.05, 3.63) is 34.3 Å². The lowest BCUT2D eigenvalue weighted by Gasteiger charge is -2.14. The summed E-state index contributed by atoms with van der Waals surface area (Å²) in [6, 6.07) is 6.98. The van der Waals surface area contributed by atoms with Gasteiger partial charge < -0.3 is 15.7 Å². The van der Waals surface area contributed by atoms with Gasteiger partial charge >= 0.3 is 0 Å². The second-order valence-electron chi connectivity index (χ2n) is 4.78. The molecule has 1 aromatic carbocycles. The average Bonchev–Trinajstić information content (AvgIpc) is 2.48. The molecule has 0 aliphatic carbocycles.